The molecule has 0 spiro atoms. The topological polar surface area (TPSA) is 91.9 Å². The van der Waals surface area contributed by atoms with E-state index >= 15 is 0 Å². The fraction of sp³-hybridized carbons (Fsp3) is 0.786. The third kappa shape index (κ3) is 18.3. The lowest BCUT2D eigenvalue weighted by molar-refractivity contribution is -0.0188. The summed E-state index contributed by atoms with van der Waals surface area (Å²) in [6.07, 6.45) is 2.64. The van der Waals surface area contributed by atoms with Crippen LogP contribution in [0.4, 0.5) is 0 Å². The second kappa shape index (κ2) is 24.9. The molecule has 1 saturated heterocycles. The fourth-order valence-corrected chi connectivity index (χ4v) is 4.67. The second-order valence-electron chi connectivity index (χ2n) is 9.08. The van der Waals surface area contributed by atoms with Crippen LogP contribution in [-0.4, -0.2) is 131 Å². The molecule has 0 radical (unpaired) electrons. The van der Waals surface area contributed by atoms with Crippen molar-refractivity contribution in [3.8, 4) is 0 Å². The van der Waals surface area contributed by atoms with E-state index in [1.807, 2.05) is 7.05 Å². The van der Waals surface area contributed by atoms with Crippen molar-refractivity contribution in [1.82, 2.24) is 14.9 Å². The Kier molecular flexibility index (Phi) is 22.0. The number of rotatable bonds is 27. The van der Waals surface area contributed by atoms with Gasteiger partial charge in [-0.05, 0) is 62.6 Å². The molecule has 10 nitrogen and oxygen atoms in total. The van der Waals surface area contributed by atoms with Gasteiger partial charge in [-0.1, -0.05) is 12.1 Å². The van der Waals surface area contributed by atoms with Gasteiger partial charge in [0.05, 0.1) is 85.9 Å². The average molecular weight is 574 g/mol. The Morgan fingerprint density at radius 1 is 0.744 bits per heavy atom. The quantitative estimate of drug-likeness (QED) is 0.120. The van der Waals surface area contributed by atoms with Crippen molar-refractivity contribution < 1.29 is 33.2 Å². The molecule has 1 atom stereocenters. The number of ether oxygens (including phenoxy) is 7. The van der Waals surface area contributed by atoms with E-state index in [4.69, 9.17) is 33.2 Å². The first-order valence-corrected chi connectivity index (χ1v) is 15.0. The molecule has 0 saturated carbocycles. The van der Waals surface area contributed by atoms with Gasteiger partial charge in [0.15, 0.2) is 0 Å². The van der Waals surface area contributed by atoms with Gasteiger partial charge in [-0.3, -0.25) is 4.72 Å². The van der Waals surface area contributed by atoms with Gasteiger partial charge in [-0.25, -0.2) is 0 Å². The highest BCUT2D eigenvalue weighted by atomic mass is 32.2. The maximum atomic E-state index is 5.65. The summed E-state index contributed by atoms with van der Waals surface area (Å²) in [5.74, 6) is 0. The van der Waals surface area contributed by atoms with Gasteiger partial charge < -0.3 is 43.4 Å². The molecule has 0 amide bonds. The third-order valence-electron chi connectivity index (χ3n) is 6.08. The van der Waals surface area contributed by atoms with Crippen LogP contribution >= 0.6 is 11.9 Å². The molecular weight excluding hydrogens is 522 g/mol. The summed E-state index contributed by atoms with van der Waals surface area (Å²) >= 11 is 1.65. The second-order valence-corrected chi connectivity index (χ2v) is 10.0. The summed E-state index contributed by atoms with van der Waals surface area (Å²) in [6.45, 7) is 11.6. The van der Waals surface area contributed by atoms with Crippen LogP contribution in [0, 0.1) is 0 Å². The van der Waals surface area contributed by atoms with Gasteiger partial charge in [0.2, 0.25) is 0 Å². The molecule has 1 heterocycles. The van der Waals surface area contributed by atoms with Gasteiger partial charge in [0.1, 0.15) is 0 Å². The molecular formula is C28H51N3O7S. The number of methoxy groups -OCH3 is 1. The largest absolute Gasteiger partial charge is 0.382 e. The highest BCUT2D eigenvalue weighted by Crippen LogP contribution is 2.22. The zero-order valence-electron chi connectivity index (χ0n) is 24.0. The Morgan fingerprint density at radius 2 is 1.26 bits per heavy atom. The molecule has 1 unspecified atom stereocenters. The number of likely N-dealkylation sites (N-methyl/N-ethyl adjacent to an activating group) is 1. The van der Waals surface area contributed by atoms with Crippen LogP contribution in [0.25, 0.3) is 0 Å². The van der Waals surface area contributed by atoms with Crippen LogP contribution in [0.2, 0.25) is 0 Å². The summed E-state index contributed by atoms with van der Waals surface area (Å²) in [4.78, 5) is 3.77. The van der Waals surface area contributed by atoms with Gasteiger partial charge in [0, 0.05) is 31.1 Å². The van der Waals surface area contributed by atoms with E-state index in [0.29, 0.717) is 91.9 Å². The van der Waals surface area contributed by atoms with Crippen molar-refractivity contribution >= 4 is 11.9 Å². The molecule has 0 bridgehead atoms. The minimum absolute atomic E-state index is 0.360. The number of nitrogens with zero attached hydrogens (tertiary/aromatic N) is 1. The molecule has 0 aliphatic carbocycles. The van der Waals surface area contributed by atoms with Crippen molar-refractivity contribution in [2.45, 2.75) is 23.8 Å². The van der Waals surface area contributed by atoms with Gasteiger partial charge >= 0.3 is 0 Å². The minimum Gasteiger partial charge on any atom is -0.382 e. The van der Waals surface area contributed by atoms with Crippen molar-refractivity contribution in [2.75, 3.05) is 126 Å². The van der Waals surface area contributed by atoms with E-state index in [9.17, 15) is 0 Å². The SMILES string of the molecule is CNC(CN1CCCC1)c1cccc(SNCCOCCOCCOCCOCCOCCOCCOC)c1. The Bertz CT molecular complexity index is 686. The number of nitrogens with one attached hydrogen (secondary N) is 2. The Hall–Kier alpha value is -0.830. The van der Waals surface area contributed by atoms with E-state index in [2.05, 4.69) is 39.2 Å². The lowest BCUT2D eigenvalue weighted by Gasteiger charge is -2.23. The Balaban J connectivity index is 1.32. The van der Waals surface area contributed by atoms with Crippen LogP contribution < -0.4 is 10.0 Å². The molecule has 1 aliphatic rings. The maximum absolute atomic E-state index is 5.65. The van der Waals surface area contributed by atoms with Gasteiger partial charge in [0.25, 0.3) is 0 Å². The van der Waals surface area contributed by atoms with E-state index in [1.54, 1.807) is 19.1 Å². The molecule has 226 valence electrons. The number of hydrogen-bond acceptors (Lipinski definition) is 11. The van der Waals surface area contributed by atoms with Crippen LogP contribution in [-0.2, 0) is 33.2 Å². The third-order valence-corrected chi connectivity index (χ3v) is 6.92. The van der Waals surface area contributed by atoms with Crippen LogP contribution in [0.1, 0.15) is 24.4 Å². The molecule has 2 N–H and O–H groups in total. The molecule has 1 aliphatic heterocycles. The standard InChI is InChI=1S/C28H51N3O7S/c1-29-28(25-31-9-3-4-10-31)26-6-5-7-27(24-26)39-30-8-11-33-14-15-35-18-19-37-22-23-38-21-20-36-17-16-34-13-12-32-2/h5-7,24,28-30H,3-4,8-23,25H2,1-2H3. The number of likely N-dealkylation sites (tertiary alicyclic amines) is 1. The zero-order valence-corrected chi connectivity index (χ0v) is 24.9. The number of hydrogen-bond donors (Lipinski definition) is 2. The Morgan fingerprint density at radius 3 is 1.77 bits per heavy atom. The summed E-state index contributed by atoms with van der Waals surface area (Å²) in [5.41, 5.74) is 1.34. The fourth-order valence-electron chi connectivity index (χ4n) is 3.97. The summed E-state index contributed by atoms with van der Waals surface area (Å²) in [5, 5.41) is 3.48. The van der Waals surface area contributed by atoms with Crippen LogP contribution in [0.5, 0.6) is 0 Å². The maximum Gasteiger partial charge on any atom is 0.0701 e. The molecule has 1 fully saturated rings. The molecule has 0 aromatic heterocycles. The normalized spacial score (nSPS) is 14.8. The van der Waals surface area contributed by atoms with Crippen molar-refractivity contribution in [3.05, 3.63) is 29.8 Å². The Labute approximate surface area is 239 Å². The highest BCUT2D eigenvalue weighted by molar-refractivity contribution is 7.97. The van der Waals surface area contributed by atoms with E-state index in [-0.39, 0.29) is 0 Å². The van der Waals surface area contributed by atoms with Crippen molar-refractivity contribution in [3.63, 3.8) is 0 Å². The molecule has 1 aromatic rings. The van der Waals surface area contributed by atoms with Crippen molar-refractivity contribution in [2.24, 2.45) is 0 Å². The first-order valence-electron chi connectivity index (χ1n) is 14.2. The molecule has 2 rings (SSSR count). The molecule has 1 aromatic carbocycles. The summed E-state index contributed by atoms with van der Waals surface area (Å²) in [7, 11) is 3.70. The smallest absolute Gasteiger partial charge is 0.0701 e. The summed E-state index contributed by atoms with van der Waals surface area (Å²) < 4.78 is 41.2. The van der Waals surface area contributed by atoms with Crippen LogP contribution in [0.15, 0.2) is 29.2 Å². The highest BCUT2D eigenvalue weighted by Gasteiger charge is 2.17. The monoisotopic (exact) mass is 573 g/mol. The summed E-state index contributed by atoms with van der Waals surface area (Å²) in [6, 6.07) is 9.13. The van der Waals surface area contributed by atoms with E-state index in [1.165, 1.54) is 36.4 Å². The van der Waals surface area contributed by atoms with E-state index < -0.39 is 0 Å². The lowest BCUT2D eigenvalue weighted by Crippen LogP contribution is -2.31. The van der Waals surface area contributed by atoms with E-state index in [0.717, 1.165) is 13.1 Å². The lowest BCUT2D eigenvalue weighted by atomic mass is 10.1. The predicted octanol–water partition coefficient (Wildman–Crippen LogP) is 2.39. The first kappa shape index (κ1) is 34.4. The molecule has 11 heteroatoms. The van der Waals surface area contributed by atoms with Gasteiger partial charge in [-0.15, -0.1) is 0 Å². The van der Waals surface area contributed by atoms with Crippen LogP contribution in [0.3, 0.4) is 0 Å². The minimum atomic E-state index is 0.360. The molecule has 39 heavy (non-hydrogen) atoms. The predicted molar refractivity (Wildman–Crippen MR) is 155 cm³/mol. The number of benzene rings is 1. The zero-order chi connectivity index (χ0) is 27.6. The first-order chi connectivity index (χ1) is 19.3. The van der Waals surface area contributed by atoms with Gasteiger partial charge in [-0.2, -0.15) is 0 Å². The van der Waals surface area contributed by atoms with Crippen molar-refractivity contribution in [1.29, 1.82) is 0 Å². The average Bonchev–Trinajstić information content (AvgIpc) is 3.48.